The molecular formula is C8H9N3S. The molecule has 0 radical (unpaired) electrons. The number of rotatable bonds is 1. The van der Waals surface area contributed by atoms with E-state index in [4.69, 9.17) is 5.73 Å². The minimum absolute atomic E-state index is 0.469. The fourth-order valence-corrected chi connectivity index (χ4v) is 1.90. The van der Waals surface area contributed by atoms with Crippen LogP contribution in [0, 0.1) is 6.92 Å². The van der Waals surface area contributed by atoms with Gasteiger partial charge in [0.2, 0.25) is 0 Å². The van der Waals surface area contributed by atoms with Gasteiger partial charge in [-0.1, -0.05) is 0 Å². The van der Waals surface area contributed by atoms with Crippen LogP contribution in [0.1, 0.15) is 5.56 Å². The lowest BCUT2D eigenvalue weighted by Crippen LogP contribution is -1.84. The Bertz CT molecular complexity index is 350. The van der Waals surface area contributed by atoms with Gasteiger partial charge in [0.25, 0.3) is 0 Å². The Hall–Kier alpha value is -1.29. The van der Waals surface area contributed by atoms with Crippen molar-refractivity contribution in [3.05, 3.63) is 23.2 Å². The highest BCUT2D eigenvalue weighted by Crippen LogP contribution is 2.25. The second-order valence-corrected chi connectivity index (χ2v) is 3.58. The zero-order chi connectivity index (χ0) is 8.55. The summed E-state index contributed by atoms with van der Waals surface area (Å²) in [5.74, 6) is 0.469. The summed E-state index contributed by atoms with van der Waals surface area (Å²) in [6.45, 7) is 2.07. The van der Waals surface area contributed by atoms with E-state index < -0.39 is 0 Å². The number of nitrogen functional groups attached to an aromatic ring is 1. The van der Waals surface area contributed by atoms with Crippen LogP contribution in [0.15, 0.2) is 17.6 Å². The first-order chi connectivity index (χ1) is 5.75. The monoisotopic (exact) mass is 179 g/mol. The predicted molar refractivity (Wildman–Crippen MR) is 51.1 cm³/mol. The number of thiophene rings is 1. The number of nitrogens with two attached hydrogens (primary N) is 1. The molecule has 0 aliphatic rings. The second kappa shape index (κ2) is 2.64. The maximum absolute atomic E-state index is 5.46. The first kappa shape index (κ1) is 7.36. The van der Waals surface area contributed by atoms with Crippen molar-refractivity contribution < 1.29 is 0 Å². The van der Waals surface area contributed by atoms with E-state index in [2.05, 4.69) is 28.3 Å². The van der Waals surface area contributed by atoms with Crippen LogP contribution in [0.5, 0.6) is 0 Å². The standard InChI is InChI=1S/C8H9N3S/c1-5-2-7(12-4-5)6-3-10-8(9)11-6/h2-4H,1H3,(H3,9,10,11). The summed E-state index contributed by atoms with van der Waals surface area (Å²) in [5.41, 5.74) is 7.72. The van der Waals surface area contributed by atoms with Crippen LogP contribution in [-0.4, -0.2) is 9.97 Å². The molecule has 0 aliphatic carbocycles. The van der Waals surface area contributed by atoms with E-state index in [1.165, 1.54) is 10.4 Å². The number of aryl methyl sites for hydroxylation is 1. The molecule has 0 amide bonds. The van der Waals surface area contributed by atoms with Gasteiger partial charge in [0, 0.05) is 0 Å². The quantitative estimate of drug-likeness (QED) is 0.703. The average Bonchev–Trinajstić information content (AvgIpc) is 2.58. The van der Waals surface area contributed by atoms with E-state index in [1.54, 1.807) is 17.5 Å². The number of aromatic amines is 1. The summed E-state index contributed by atoms with van der Waals surface area (Å²) in [7, 11) is 0. The van der Waals surface area contributed by atoms with Crippen LogP contribution in [0.2, 0.25) is 0 Å². The third-order valence-electron chi connectivity index (χ3n) is 1.59. The lowest BCUT2D eigenvalue weighted by Gasteiger charge is -1.87. The van der Waals surface area contributed by atoms with Crippen LogP contribution in [0.3, 0.4) is 0 Å². The molecule has 0 unspecified atom stereocenters. The summed E-state index contributed by atoms with van der Waals surface area (Å²) in [6, 6.07) is 2.11. The number of aromatic nitrogens is 2. The topological polar surface area (TPSA) is 54.7 Å². The number of H-pyrrole nitrogens is 1. The van der Waals surface area contributed by atoms with Gasteiger partial charge in [-0.25, -0.2) is 4.98 Å². The van der Waals surface area contributed by atoms with Gasteiger partial charge in [-0.15, -0.1) is 11.3 Å². The molecule has 0 saturated carbocycles. The Morgan fingerprint density at radius 2 is 2.42 bits per heavy atom. The van der Waals surface area contributed by atoms with Gasteiger partial charge in [-0.05, 0) is 23.9 Å². The number of hydrogen-bond acceptors (Lipinski definition) is 3. The first-order valence-electron chi connectivity index (χ1n) is 3.62. The van der Waals surface area contributed by atoms with E-state index in [1.807, 2.05) is 0 Å². The third-order valence-corrected chi connectivity index (χ3v) is 2.67. The van der Waals surface area contributed by atoms with E-state index in [-0.39, 0.29) is 0 Å². The molecular weight excluding hydrogens is 170 g/mol. The Kier molecular flexibility index (Phi) is 1.62. The second-order valence-electron chi connectivity index (χ2n) is 2.67. The number of nitrogens with zero attached hydrogens (tertiary/aromatic N) is 1. The van der Waals surface area contributed by atoms with E-state index in [0.29, 0.717) is 5.95 Å². The van der Waals surface area contributed by atoms with Gasteiger partial charge in [0.05, 0.1) is 16.8 Å². The largest absolute Gasteiger partial charge is 0.369 e. The van der Waals surface area contributed by atoms with Crippen LogP contribution < -0.4 is 5.73 Å². The lowest BCUT2D eigenvalue weighted by molar-refractivity contribution is 1.33. The minimum atomic E-state index is 0.469. The van der Waals surface area contributed by atoms with Crippen molar-refractivity contribution >= 4 is 17.3 Å². The molecule has 12 heavy (non-hydrogen) atoms. The Balaban J connectivity index is 2.43. The van der Waals surface area contributed by atoms with Crippen molar-refractivity contribution in [1.82, 2.24) is 9.97 Å². The van der Waals surface area contributed by atoms with Gasteiger partial charge in [-0.3, -0.25) is 0 Å². The van der Waals surface area contributed by atoms with Gasteiger partial charge in [0.15, 0.2) is 5.95 Å². The first-order valence-corrected chi connectivity index (χ1v) is 4.49. The van der Waals surface area contributed by atoms with E-state index in [9.17, 15) is 0 Å². The van der Waals surface area contributed by atoms with Crippen molar-refractivity contribution in [3.63, 3.8) is 0 Å². The molecule has 0 fully saturated rings. The van der Waals surface area contributed by atoms with Gasteiger partial charge < -0.3 is 10.7 Å². The fraction of sp³-hybridized carbons (Fsp3) is 0.125. The molecule has 2 heterocycles. The lowest BCUT2D eigenvalue weighted by atomic mass is 10.3. The zero-order valence-corrected chi connectivity index (χ0v) is 7.48. The Morgan fingerprint density at radius 1 is 1.58 bits per heavy atom. The summed E-state index contributed by atoms with van der Waals surface area (Å²) >= 11 is 1.69. The van der Waals surface area contributed by atoms with Crippen molar-refractivity contribution in [2.24, 2.45) is 0 Å². The summed E-state index contributed by atoms with van der Waals surface area (Å²) in [5, 5.41) is 2.10. The van der Waals surface area contributed by atoms with Gasteiger partial charge in [0.1, 0.15) is 0 Å². The van der Waals surface area contributed by atoms with Crippen LogP contribution in [-0.2, 0) is 0 Å². The molecule has 0 bridgehead atoms. The molecule has 2 rings (SSSR count). The van der Waals surface area contributed by atoms with Crippen molar-refractivity contribution in [1.29, 1.82) is 0 Å². The van der Waals surface area contributed by atoms with E-state index >= 15 is 0 Å². The predicted octanol–water partition coefficient (Wildman–Crippen LogP) is 2.03. The molecule has 2 aromatic rings. The van der Waals surface area contributed by atoms with Crippen molar-refractivity contribution in [2.75, 3.05) is 5.73 Å². The molecule has 3 nitrogen and oxygen atoms in total. The SMILES string of the molecule is Cc1csc(-c2cnc(N)[nH]2)c1. The van der Waals surface area contributed by atoms with Crippen molar-refractivity contribution in [2.45, 2.75) is 6.92 Å². The highest BCUT2D eigenvalue weighted by atomic mass is 32.1. The van der Waals surface area contributed by atoms with Crippen LogP contribution in [0.25, 0.3) is 10.6 Å². The maximum atomic E-state index is 5.46. The molecule has 0 aliphatic heterocycles. The molecule has 0 aromatic carbocycles. The summed E-state index contributed by atoms with van der Waals surface area (Å²) in [4.78, 5) is 8.09. The average molecular weight is 179 g/mol. The fourth-order valence-electron chi connectivity index (χ4n) is 1.03. The van der Waals surface area contributed by atoms with E-state index in [0.717, 1.165) is 5.69 Å². The summed E-state index contributed by atoms with van der Waals surface area (Å²) < 4.78 is 0. The summed E-state index contributed by atoms with van der Waals surface area (Å²) in [6.07, 6.45) is 1.75. The van der Waals surface area contributed by atoms with Crippen LogP contribution >= 0.6 is 11.3 Å². The minimum Gasteiger partial charge on any atom is -0.369 e. The van der Waals surface area contributed by atoms with Gasteiger partial charge in [-0.2, -0.15) is 0 Å². The molecule has 2 aromatic heterocycles. The molecule has 3 N–H and O–H groups in total. The molecule has 0 spiro atoms. The molecule has 0 saturated heterocycles. The Labute approximate surface area is 74.3 Å². The number of imidazole rings is 1. The number of hydrogen-bond donors (Lipinski definition) is 2. The maximum Gasteiger partial charge on any atom is 0.197 e. The van der Waals surface area contributed by atoms with Crippen molar-refractivity contribution in [3.8, 4) is 10.6 Å². The number of anilines is 1. The normalized spacial score (nSPS) is 10.4. The zero-order valence-electron chi connectivity index (χ0n) is 6.66. The Morgan fingerprint density at radius 3 is 2.92 bits per heavy atom. The molecule has 62 valence electrons. The smallest absolute Gasteiger partial charge is 0.197 e. The molecule has 4 heteroatoms. The highest BCUT2D eigenvalue weighted by molar-refractivity contribution is 7.13. The number of nitrogens with one attached hydrogen (secondary N) is 1. The highest BCUT2D eigenvalue weighted by Gasteiger charge is 2.02. The van der Waals surface area contributed by atoms with Crippen LogP contribution in [0.4, 0.5) is 5.95 Å². The molecule has 0 atom stereocenters. The third kappa shape index (κ3) is 1.21. The van der Waals surface area contributed by atoms with Gasteiger partial charge >= 0.3 is 0 Å².